The summed E-state index contributed by atoms with van der Waals surface area (Å²) in [5, 5.41) is 7.75. The van der Waals surface area contributed by atoms with Gasteiger partial charge in [0.2, 0.25) is 11.8 Å². The van der Waals surface area contributed by atoms with E-state index in [1.54, 1.807) is 6.07 Å². The van der Waals surface area contributed by atoms with E-state index in [4.69, 9.17) is 9.15 Å². The molecule has 1 aliphatic heterocycles. The summed E-state index contributed by atoms with van der Waals surface area (Å²) >= 11 is 0. The zero-order chi connectivity index (χ0) is 29.9. The summed E-state index contributed by atoms with van der Waals surface area (Å²) in [5.74, 6) is -0.432. The lowest BCUT2D eigenvalue weighted by Gasteiger charge is -2.45. The Bertz CT molecular complexity index is 1580. The molecule has 1 spiro atoms. The maximum Gasteiger partial charge on any atom is 0.416 e. The number of ether oxygens (including phenoxy) is 1. The number of aryl methyl sites for hydroxylation is 1. The minimum Gasteiger partial charge on any atom is -0.416 e. The lowest BCUT2D eigenvalue weighted by atomic mass is 9.76. The van der Waals surface area contributed by atoms with Gasteiger partial charge in [-0.3, -0.25) is 4.90 Å². The maximum atomic E-state index is 13.4. The van der Waals surface area contributed by atoms with E-state index in [-0.39, 0.29) is 17.5 Å². The molecule has 1 aliphatic carbocycles. The molecule has 1 atom stereocenters. The smallest absolute Gasteiger partial charge is 0.416 e. The van der Waals surface area contributed by atoms with E-state index in [1.165, 1.54) is 5.56 Å². The first-order valence-electron chi connectivity index (χ1n) is 13.4. The van der Waals surface area contributed by atoms with Crippen molar-refractivity contribution < 1.29 is 35.5 Å². The highest BCUT2D eigenvalue weighted by molar-refractivity contribution is 5.61. The SMILES string of the molecule is CC1(C)OC[C@@]2(CCc3ccc(-c4nnc(-c5cc(C(F)(F)F)cc(C(F)(F)F)c5)o4)cc3C2)N1Cc1ccccc1. The molecule has 0 amide bonds. The summed E-state index contributed by atoms with van der Waals surface area (Å²) < 4.78 is 92.1. The third kappa shape index (κ3) is 5.31. The van der Waals surface area contributed by atoms with Crippen LogP contribution in [0.4, 0.5) is 26.3 Å². The van der Waals surface area contributed by atoms with Crippen molar-refractivity contribution in [2.75, 3.05) is 6.61 Å². The number of aromatic nitrogens is 2. The van der Waals surface area contributed by atoms with Crippen LogP contribution in [0.2, 0.25) is 0 Å². The second-order valence-electron chi connectivity index (χ2n) is 11.4. The summed E-state index contributed by atoms with van der Waals surface area (Å²) in [6.45, 7) is 5.40. The van der Waals surface area contributed by atoms with Crippen LogP contribution in [-0.4, -0.2) is 33.0 Å². The van der Waals surface area contributed by atoms with Crippen LogP contribution in [-0.2, 0) is 36.5 Å². The predicted octanol–water partition coefficient (Wildman–Crippen LogP) is 7.94. The van der Waals surface area contributed by atoms with Gasteiger partial charge in [-0.1, -0.05) is 36.4 Å². The average molecular weight is 588 g/mol. The standard InChI is InChI=1S/C31H27F6N3O2/c1-28(2)40(17-19-6-4-3-5-7-19)29(18-41-28)11-10-20-8-9-21(12-23(20)16-29)26-38-39-27(42-26)22-13-24(30(32,33)34)15-25(14-22)31(35,36)37/h3-9,12-15H,10-11,16-18H2,1-2H3/t29-/m0/s1. The molecule has 2 aliphatic rings. The number of nitrogens with zero attached hydrogens (tertiary/aromatic N) is 3. The fourth-order valence-corrected chi connectivity index (χ4v) is 6.03. The Hall–Kier alpha value is -3.70. The number of hydrogen-bond donors (Lipinski definition) is 0. The second kappa shape index (κ2) is 9.95. The molecule has 3 aromatic carbocycles. The third-order valence-electron chi connectivity index (χ3n) is 8.19. The van der Waals surface area contributed by atoms with E-state index in [0.717, 1.165) is 24.0 Å². The molecular weight excluding hydrogens is 560 g/mol. The molecule has 0 N–H and O–H groups in total. The summed E-state index contributed by atoms with van der Waals surface area (Å²) in [7, 11) is 0. The molecule has 0 saturated carbocycles. The fraction of sp³-hybridized carbons (Fsp3) is 0.355. The van der Waals surface area contributed by atoms with Crippen LogP contribution >= 0.6 is 0 Å². The van der Waals surface area contributed by atoms with Gasteiger partial charge in [-0.2, -0.15) is 26.3 Å². The molecule has 2 heterocycles. The second-order valence-corrected chi connectivity index (χ2v) is 11.4. The van der Waals surface area contributed by atoms with Crippen molar-refractivity contribution in [2.45, 2.75) is 63.3 Å². The Morgan fingerprint density at radius 3 is 2.07 bits per heavy atom. The van der Waals surface area contributed by atoms with E-state index in [2.05, 4.69) is 41.1 Å². The number of halogens is 6. The van der Waals surface area contributed by atoms with Crippen LogP contribution < -0.4 is 0 Å². The van der Waals surface area contributed by atoms with Gasteiger partial charge in [0.15, 0.2) is 0 Å². The zero-order valence-electron chi connectivity index (χ0n) is 22.8. The largest absolute Gasteiger partial charge is 0.416 e. The Morgan fingerprint density at radius 2 is 1.43 bits per heavy atom. The predicted molar refractivity (Wildman–Crippen MR) is 142 cm³/mol. The highest BCUT2D eigenvalue weighted by atomic mass is 19.4. The van der Waals surface area contributed by atoms with E-state index >= 15 is 0 Å². The van der Waals surface area contributed by atoms with Gasteiger partial charge in [0.05, 0.1) is 23.3 Å². The molecule has 0 radical (unpaired) electrons. The summed E-state index contributed by atoms with van der Waals surface area (Å²) in [6, 6.07) is 17.0. The van der Waals surface area contributed by atoms with Crippen molar-refractivity contribution in [3.05, 3.63) is 94.5 Å². The molecule has 1 fully saturated rings. The fourth-order valence-electron chi connectivity index (χ4n) is 6.03. The lowest BCUT2D eigenvalue weighted by Crippen LogP contribution is -2.54. The van der Waals surface area contributed by atoms with Crippen LogP contribution in [0.1, 0.15) is 48.1 Å². The first kappa shape index (κ1) is 28.4. The monoisotopic (exact) mass is 587 g/mol. The molecule has 5 nitrogen and oxygen atoms in total. The molecule has 1 aromatic heterocycles. The van der Waals surface area contributed by atoms with Gasteiger partial charge in [-0.05, 0) is 80.1 Å². The van der Waals surface area contributed by atoms with Gasteiger partial charge < -0.3 is 9.15 Å². The zero-order valence-corrected chi connectivity index (χ0v) is 22.8. The highest BCUT2D eigenvalue weighted by Gasteiger charge is 2.52. The first-order chi connectivity index (χ1) is 19.7. The van der Waals surface area contributed by atoms with Crippen LogP contribution in [0.25, 0.3) is 22.9 Å². The molecule has 1 saturated heterocycles. The molecule has 220 valence electrons. The Morgan fingerprint density at radius 1 is 0.786 bits per heavy atom. The summed E-state index contributed by atoms with van der Waals surface area (Å²) in [4.78, 5) is 2.40. The van der Waals surface area contributed by atoms with Gasteiger partial charge in [0.25, 0.3) is 0 Å². The molecule has 42 heavy (non-hydrogen) atoms. The normalized spacial score (nSPS) is 20.7. The van der Waals surface area contributed by atoms with Crippen molar-refractivity contribution in [3.8, 4) is 22.9 Å². The van der Waals surface area contributed by atoms with Crippen molar-refractivity contribution in [1.82, 2.24) is 15.1 Å². The number of alkyl halides is 6. The highest BCUT2D eigenvalue weighted by Crippen LogP contribution is 2.45. The molecular formula is C31H27F6N3O2. The van der Waals surface area contributed by atoms with Gasteiger partial charge >= 0.3 is 12.4 Å². The van der Waals surface area contributed by atoms with Crippen molar-refractivity contribution >= 4 is 0 Å². The van der Waals surface area contributed by atoms with Crippen molar-refractivity contribution in [2.24, 2.45) is 0 Å². The van der Waals surface area contributed by atoms with E-state index in [0.29, 0.717) is 37.3 Å². The van der Waals surface area contributed by atoms with Crippen molar-refractivity contribution in [3.63, 3.8) is 0 Å². The van der Waals surface area contributed by atoms with Crippen LogP contribution in [0, 0.1) is 0 Å². The minimum absolute atomic E-state index is 0.00235. The number of fused-ring (bicyclic) bond motifs is 1. The van der Waals surface area contributed by atoms with E-state index in [1.807, 2.05) is 30.3 Å². The van der Waals surface area contributed by atoms with Crippen LogP contribution in [0.15, 0.2) is 71.1 Å². The average Bonchev–Trinajstić information content (AvgIpc) is 3.52. The molecule has 11 heteroatoms. The van der Waals surface area contributed by atoms with Gasteiger partial charge in [0.1, 0.15) is 5.72 Å². The molecule has 0 unspecified atom stereocenters. The molecule has 0 bridgehead atoms. The summed E-state index contributed by atoms with van der Waals surface area (Å²) in [5.41, 5.74) is -0.186. The number of benzene rings is 3. The van der Waals surface area contributed by atoms with E-state index in [9.17, 15) is 26.3 Å². The Kier molecular flexibility index (Phi) is 6.73. The Balaban J connectivity index is 1.31. The van der Waals surface area contributed by atoms with E-state index < -0.39 is 40.7 Å². The minimum atomic E-state index is -4.99. The van der Waals surface area contributed by atoms with Crippen LogP contribution in [0.3, 0.4) is 0 Å². The van der Waals surface area contributed by atoms with Gasteiger partial charge in [-0.15, -0.1) is 10.2 Å². The van der Waals surface area contributed by atoms with Gasteiger partial charge in [-0.25, -0.2) is 0 Å². The maximum absolute atomic E-state index is 13.4. The summed E-state index contributed by atoms with van der Waals surface area (Å²) in [6.07, 6.45) is -7.56. The number of rotatable bonds is 4. The molecule has 4 aromatic rings. The molecule has 6 rings (SSSR count). The van der Waals surface area contributed by atoms with Crippen LogP contribution in [0.5, 0.6) is 0 Å². The number of hydrogen-bond acceptors (Lipinski definition) is 5. The lowest BCUT2D eigenvalue weighted by molar-refractivity contribution is -0.143. The topological polar surface area (TPSA) is 51.4 Å². The van der Waals surface area contributed by atoms with Gasteiger partial charge in [0, 0.05) is 17.7 Å². The first-order valence-corrected chi connectivity index (χ1v) is 13.4. The van der Waals surface area contributed by atoms with Crippen molar-refractivity contribution in [1.29, 1.82) is 0 Å². The third-order valence-corrected chi connectivity index (χ3v) is 8.19. The Labute approximate surface area is 238 Å². The quantitative estimate of drug-likeness (QED) is 0.227.